The highest BCUT2D eigenvalue weighted by molar-refractivity contribution is 5.91. The third-order valence-electron chi connectivity index (χ3n) is 4.36. The van der Waals surface area contributed by atoms with Crippen LogP contribution in [0.1, 0.15) is 43.7 Å². The van der Waals surface area contributed by atoms with Crippen molar-refractivity contribution in [2.45, 2.75) is 41.5 Å². The molecular formula is C26H28O4. The highest BCUT2D eigenvalue weighted by atomic mass is 16.5. The van der Waals surface area contributed by atoms with Gasteiger partial charge in [-0.1, -0.05) is 52.1 Å². The summed E-state index contributed by atoms with van der Waals surface area (Å²) < 4.78 is 10.1. The molecule has 0 aliphatic rings. The Morgan fingerprint density at radius 3 is 1.60 bits per heavy atom. The van der Waals surface area contributed by atoms with Gasteiger partial charge in [0.25, 0.3) is 6.47 Å². The maximum Gasteiger partial charge on any atom is 0.343 e. The standard InChI is InChI=1S/C17H16O4.C9H12/c1-11-6-12(2)8-14(7-11)17(19)21-16-5-4-15(20-10-18)9-13(16)3;1-7-4-8(2)6-9(3)5-7/h4-10H,1-3H3;4-6H,1-3H3. The Kier molecular flexibility index (Phi) is 7.93. The van der Waals surface area contributed by atoms with Crippen LogP contribution in [-0.2, 0) is 4.79 Å². The summed E-state index contributed by atoms with van der Waals surface area (Å²) in [5.41, 5.74) is 7.31. The van der Waals surface area contributed by atoms with E-state index in [2.05, 4.69) is 39.0 Å². The summed E-state index contributed by atoms with van der Waals surface area (Å²) in [7, 11) is 0. The molecule has 0 atom stereocenters. The minimum atomic E-state index is -0.408. The predicted octanol–water partition coefficient (Wildman–Crippen LogP) is 5.98. The zero-order chi connectivity index (χ0) is 22.3. The van der Waals surface area contributed by atoms with Crippen LogP contribution in [0.15, 0.2) is 54.6 Å². The fourth-order valence-electron chi connectivity index (χ4n) is 3.32. The SMILES string of the molecule is Cc1cc(C)cc(C(=O)Oc2ccc(OC=O)cc2C)c1.Cc1cc(C)cc(C)c1. The molecule has 0 radical (unpaired) electrons. The molecule has 4 heteroatoms. The van der Waals surface area contributed by atoms with Gasteiger partial charge in [0.2, 0.25) is 0 Å². The zero-order valence-corrected chi connectivity index (χ0v) is 18.4. The Balaban J connectivity index is 0.000000297. The van der Waals surface area contributed by atoms with E-state index in [0.717, 1.165) is 11.1 Å². The number of carbonyl (C=O) groups excluding carboxylic acids is 2. The first-order chi connectivity index (χ1) is 14.2. The quantitative estimate of drug-likeness (QED) is 0.305. The van der Waals surface area contributed by atoms with Crippen molar-refractivity contribution in [3.05, 3.63) is 93.5 Å². The van der Waals surface area contributed by atoms with Crippen LogP contribution in [0.3, 0.4) is 0 Å². The molecular weight excluding hydrogens is 376 g/mol. The van der Waals surface area contributed by atoms with Crippen molar-refractivity contribution < 1.29 is 19.1 Å². The Labute approximate surface area is 178 Å². The molecule has 0 N–H and O–H groups in total. The molecule has 0 bridgehead atoms. The third-order valence-corrected chi connectivity index (χ3v) is 4.36. The van der Waals surface area contributed by atoms with E-state index in [1.54, 1.807) is 37.3 Å². The molecule has 156 valence electrons. The molecule has 3 rings (SSSR count). The molecule has 0 aliphatic heterocycles. The Morgan fingerprint density at radius 1 is 0.700 bits per heavy atom. The lowest BCUT2D eigenvalue weighted by Gasteiger charge is -2.09. The van der Waals surface area contributed by atoms with Gasteiger partial charge in [0.15, 0.2) is 0 Å². The van der Waals surface area contributed by atoms with Gasteiger partial charge in [-0.25, -0.2) is 4.79 Å². The number of hydrogen-bond donors (Lipinski definition) is 0. The van der Waals surface area contributed by atoms with Crippen LogP contribution in [0, 0.1) is 41.5 Å². The van der Waals surface area contributed by atoms with Crippen LogP contribution in [0.2, 0.25) is 0 Å². The number of carbonyl (C=O) groups is 2. The summed E-state index contributed by atoms with van der Waals surface area (Å²) in [5.74, 6) is 0.445. The largest absolute Gasteiger partial charge is 0.429 e. The molecule has 0 saturated carbocycles. The first kappa shape index (κ1) is 22.9. The smallest absolute Gasteiger partial charge is 0.343 e. The van der Waals surface area contributed by atoms with E-state index in [0.29, 0.717) is 29.1 Å². The van der Waals surface area contributed by atoms with E-state index in [1.807, 2.05) is 19.9 Å². The predicted molar refractivity (Wildman–Crippen MR) is 119 cm³/mol. The lowest BCUT2D eigenvalue weighted by Crippen LogP contribution is -2.10. The van der Waals surface area contributed by atoms with Crippen molar-refractivity contribution in [3.8, 4) is 11.5 Å². The first-order valence-corrected chi connectivity index (χ1v) is 9.74. The van der Waals surface area contributed by atoms with E-state index in [9.17, 15) is 9.59 Å². The summed E-state index contributed by atoms with van der Waals surface area (Å²) >= 11 is 0. The lowest BCUT2D eigenvalue weighted by atomic mass is 10.1. The van der Waals surface area contributed by atoms with Crippen LogP contribution >= 0.6 is 0 Å². The minimum Gasteiger partial charge on any atom is -0.429 e. The summed E-state index contributed by atoms with van der Waals surface area (Å²) in [6.45, 7) is 12.4. The van der Waals surface area contributed by atoms with Crippen molar-refractivity contribution in [1.29, 1.82) is 0 Å². The molecule has 3 aromatic rings. The van der Waals surface area contributed by atoms with Gasteiger partial charge in [-0.2, -0.15) is 0 Å². The van der Waals surface area contributed by atoms with Crippen LogP contribution in [0.25, 0.3) is 0 Å². The normalized spacial score (nSPS) is 9.93. The van der Waals surface area contributed by atoms with Gasteiger partial charge in [0, 0.05) is 0 Å². The maximum atomic E-state index is 12.2. The van der Waals surface area contributed by atoms with Crippen molar-refractivity contribution in [3.63, 3.8) is 0 Å². The maximum absolute atomic E-state index is 12.2. The summed E-state index contributed by atoms with van der Waals surface area (Å²) in [5, 5.41) is 0. The average Bonchev–Trinajstić information content (AvgIpc) is 2.62. The lowest BCUT2D eigenvalue weighted by molar-refractivity contribution is -0.120. The second kappa shape index (κ2) is 10.4. The van der Waals surface area contributed by atoms with Gasteiger partial charge in [-0.05, 0) is 77.4 Å². The highest BCUT2D eigenvalue weighted by Gasteiger charge is 2.12. The fourth-order valence-corrected chi connectivity index (χ4v) is 3.32. The molecule has 0 fully saturated rings. The Bertz CT molecular complexity index is 980. The topological polar surface area (TPSA) is 52.6 Å². The molecule has 0 unspecified atom stereocenters. The van der Waals surface area contributed by atoms with Crippen LogP contribution in [-0.4, -0.2) is 12.4 Å². The van der Waals surface area contributed by atoms with E-state index in [1.165, 1.54) is 16.7 Å². The second-order valence-corrected chi connectivity index (χ2v) is 7.57. The molecule has 30 heavy (non-hydrogen) atoms. The van der Waals surface area contributed by atoms with Crippen molar-refractivity contribution in [2.75, 3.05) is 0 Å². The number of rotatable bonds is 4. The molecule has 4 nitrogen and oxygen atoms in total. The fraction of sp³-hybridized carbons (Fsp3) is 0.231. The summed E-state index contributed by atoms with van der Waals surface area (Å²) in [6.07, 6.45) is 0. The minimum absolute atomic E-state index is 0.357. The average molecular weight is 405 g/mol. The van der Waals surface area contributed by atoms with E-state index >= 15 is 0 Å². The number of aryl methyl sites for hydroxylation is 6. The molecule has 0 aromatic heterocycles. The van der Waals surface area contributed by atoms with Crippen molar-refractivity contribution >= 4 is 12.4 Å². The molecule has 0 saturated heterocycles. The van der Waals surface area contributed by atoms with Crippen LogP contribution in [0.4, 0.5) is 0 Å². The molecule has 0 amide bonds. The van der Waals surface area contributed by atoms with Gasteiger partial charge in [0.1, 0.15) is 11.5 Å². The van der Waals surface area contributed by atoms with E-state index < -0.39 is 5.97 Å². The summed E-state index contributed by atoms with van der Waals surface area (Å²) in [4.78, 5) is 22.5. The van der Waals surface area contributed by atoms with Gasteiger partial charge >= 0.3 is 5.97 Å². The number of esters is 1. The van der Waals surface area contributed by atoms with E-state index in [-0.39, 0.29) is 0 Å². The van der Waals surface area contributed by atoms with Crippen LogP contribution < -0.4 is 9.47 Å². The summed E-state index contributed by atoms with van der Waals surface area (Å²) in [6, 6.07) is 16.9. The van der Waals surface area contributed by atoms with Crippen molar-refractivity contribution in [2.24, 2.45) is 0 Å². The Hall–Kier alpha value is -3.40. The van der Waals surface area contributed by atoms with Crippen molar-refractivity contribution in [1.82, 2.24) is 0 Å². The van der Waals surface area contributed by atoms with Gasteiger partial charge < -0.3 is 9.47 Å². The molecule has 0 aliphatic carbocycles. The van der Waals surface area contributed by atoms with E-state index in [4.69, 9.17) is 9.47 Å². The van der Waals surface area contributed by atoms with Crippen LogP contribution in [0.5, 0.6) is 11.5 Å². The monoisotopic (exact) mass is 404 g/mol. The third kappa shape index (κ3) is 6.89. The number of hydrogen-bond acceptors (Lipinski definition) is 4. The van der Waals surface area contributed by atoms with Gasteiger partial charge in [-0.15, -0.1) is 0 Å². The first-order valence-electron chi connectivity index (χ1n) is 9.74. The number of ether oxygens (including phenoxy) is 2. The molecule has 3 aromatic carbocycles. The second-order valence-electron chi connectivity index (χ2n) is 7.57. The number of benzene rings is 3. The van der Waals surface area contributed by atoms with Gasteiger partial charge in [-0.3, -0.25) is 4.79 Å². The van der Waals surface area contributed by atoms with Gasteiger partial charge in [0.05, 0.1) is 5.56 Å². The Morgan fingerprint density at radius 2 is 1.17 bits per heavy atom. The highest BCUT2D eigenvalue weighted by Crippen LogP contribution is 2.24. The zero-order valence-electron chi connectivity index (χ0n) is 18.4. The molecule has 0 heterocycles. The molecule has 0 spiro atoms.